The molecule has 1 aliphatic heterocycles. The first-order valence-electron chi connectivity index (χ1n) is 7.76. The fraction of sp³-hybridized carbons (Fsp3) is 0.600. The SMILES string of the molecule is CCc1csc([C@@H]2CCCN(C(=O)[C@@H](C)n3cncn3)C2)n1. The number of rotatable bonds is 4. The Morgan fingerprint density at radius 3 is 3.09 bits per heavy atom. The average Bonchev–Trinajstić information content (AvgIpc) is 3.24. The quantitative estimate of drug-likeness (QED) is 0.867. The number of nitrogens with zero attached hydrogens (tertiary/aromatic N) is 5. The molecular weight excluding hydrogens is 298 g/mol. The van der Waals surface area contributed by atoms with E-state index in [2.05, 4.69) is 22.4 Å². The van der Waals surface area contributed by atoms with Crippen LogP contribution in [0.3, 0.4) is 0 Å². The number of aryl methyl sites for hydroxylation is 1. The lowest BCUT2D eigenvalue weighted by Crippen LogP contribution is -2.42. The second kappa shape index (κ2) is 6.56. The molecule has 1 aliphatic rings. The molecule has 6 nitrogen and oxygen atoms in total. The van der Waals surface area contributed by atoms with Gasteiger partial charge in [0.25, 0.3) is 0 Å². The van der Waals surface area contributed by atoms with Crippen molar-refractivity contribution in [2.24, 2.45) is 0 Å². The third-order valence-electron chi connectivity index (χ3n) is 4.20. The summed E-state index contributed by atoms with van der Waals surface area (Å²) in [6.45, 7) is 5.57. The van der Waals surface area contributed by atoms with Crippen molar-refractivity contribution in [3.63, 3.8) is 0 Å². The number of thiazole rings is 1. The van der Waals surface area contributed by atoms with Gasteiger partial charge in [-0.1, -0.05) is 6.92 Å². The lowest BCUT2D eigenvalue weighted by molar-refractivity contribution is -0.135. The fourth-order valence-electron chi connectivity index (χ4n) is 2.85. The normalized spacial score (nSPS) is 20.1. The number of hydrogen-bond acceptors (Lipinski definition) is 5. The topological polar surface area (TPSA) is 63.9 Å². The zero-order chi connectivity index (χ0) is 15.5. The van der Waals surface area contributed by atoms with Crippen LogP contribution in [0.15, 0.2) is 18.0 Å². The van der Waals surface area contributed by atoms with Gasteiger partial charge in [-0.3, -0.25) is 4.79 Å². The Balaban J connectivity index is 1.68. The van der Waals surface area contributed by atoms with E-state index >= 15 is 0 Å². The molecule has 1 fully saturated rings. The maximum absolute atomic E-state index is 12.7. The van der Waals surface area contributed by atoms with Crippen molar-refractivity contribution >= 4 is 17.2 Å². The van der Waals surface area contributed by atoms with Crippen molar-refractivity contribution in [1.29, 1.82) is 0 Å². The molecule has 7 heteroatoms. The van der Waals surface area contributed by atoms with E-state index in [9.17, 15) is 4.79 Å². The van der Waals surface area contributed by atoms with Gasteiger partial charge in [-0.15, -0.1) is 11.3 Å². The molecule has 22 heavy (non-hydrogen) atoms. The van der Waals surface area contributed by atoms with Crippen LogP contribution in [0.4, 0.5) is 0 Å². The molecule has 118 valence electrons. The number of carbonyl (C=O) groups is 1. The minimum absolute atomic E-state index is 0.113. The van der Waals surface area contributed by atoms with Gasteiger partial charge in [0.1, 0.15) is 18.7 Å². The van der Waals surface area contributed by atoms with E-state index in [1.54, 1.807) is 22.3 Å². The van der Waals surface area contributed by atoms with Crippen molar-refractivity contribution in [1.82, 2.24) is 24.6 Å². The monoisotopic (exact) mass is 319 g/mol. The van der Waals surface area contributed by atoms with E-state index in [0.29, 0.717) is 5.92 Å². The Labute approximate surface area is 134 Å². The van der Waals surface area contributed by atoms with Crippen LogP contribution in [0.25, 0.3) is 0 Å². The van der Waals surface area contributed by atoms with Crippen molar-refractivity contribution in [3.8, 4) is 0 Å². The van der Waals surface area contributed by atoms with Gasteiger partial charge in [-0.05, 0) is 26.2 Å². The average molecular weight is 319 g/mol. The summed E-state index contributed by atoms with van der Waals surface area (Å²) >= 11 is 1.72. The number of carbonyl (C=O) groups excluding carboxylic acids is 1. The van der Waals surface area contributed by atoms with E-state index in [0.717, 1.165) is 38.0 Å². The summed E-state index contributed by atoms with van der Waals surface area (Å²) in [6.07, 6.45) is 6.16. The molecule has 0 saturated carbocycles. The molecule has 0 bridgehead atoms. The zero-order valence-electron chi connectivity index (χ0n) is 13.0. The zero-order valence-corrected chi connectivity index (χ0v) is 13.8. The smallest absolute Gasteiger partial charge is 0.247 e. The highest BCUT2D eigenvalue weighted by Gasteiger charge is 2.29. The number of piperidine rings is 1. The molecule has 0 aromatic carbocycles. The van der Waals surface area contributed by atoms with Crippen LogP contribution in [0.2, 0.25) is 0 Å². The highest BCUT2D eigenvalue weighted by molar-refractivity contribution is 7.09. The molecule has 0 spiro atoms. The summed E-state index contributed by atoms with van der Waals surface area (Å²) in [5, 5.41) is 7.37. The third kappa shape index (κ3) is 3.04. The first-order valence-corrected chi connectivity index (χ1v) is 8.64. The van der Waals surface area contributed by atoms with Crippen molar-refractivity contribution in [2.45, 2.75) is 45.1 Å². The van der Waals surface area contributed by atoms with E-state index < -0.39 is 0 Å². The lowest BCUT2D eigenvalue weighted by Gasteiger charge is -2.33. The van der Waals surface area contributed by atoms with Gasteiger partial charge in [0.05, 0.1) is 10.7 Å². The molecular formula is C15H21N5OS. The van der Waals surface area contributed by atoms with Gasteiger partial charge in [-0.2, -0.15) is 5.10 Å². The van der Waals surface area contributed by atoms with Crippen LogP contribution in [-0.2, 0) is 11.2 Å². The van der Waals surface area contributed by atoms with E-state index in [4.69, 9.17) is 4.98 Å². The minimum Gasteiger partial charge on any atom is -0.340 e. The molecule has 3 rings (SSSR count). The standard InChI is InChI=1S/C15H21N5OS/c1-3-13-8-22-14(18-13)12-5-4-6-19(7-12)15(21)11(2)20-10-16-9-17-20/h8-12H,3-7H2,1-2H3/t11-,12-/m1/s1. The van der Waals surface area contributed by atoms with Gasteiger partial charge in [0.15, 0.2) is 0 Å². The highest BCUT2D eigenvalue weighted by Crippen LogP contribution is 2.30. The van der Waals surface area contributed by atoms with Crippen molar-refractivity contribution in [2.75, 3.05) is 13.1 Å². The molecule has 2 aromatic heterocycles. The summed E-state index contributed by atoms with van der Waals surface area (Å²) < 4.78 is 1.62. The third-order valence-corrected chi connectivity index (χ3v) is 5.26. The number of likely N-dealkylation sites (tertiary alicyclic amines) is 1. The predicted octanol–water partition coefficient (Wildman–Crippen LogP) is 2.26. The Bertz CT molecular complexity index is 624. The van der Waals surface area contributed by atoms with Gasteiger partial charge < -0.3 is 4.90 Å². The number of aromatic nitrogens is 4. The van der Waals surface area contributed by atoms with Crippen LogP contribution >= 0.6 is 11.3 Å². The fourth-order valence-corrected chi connectivity index (χ4v) is 3.88. The maximum Gasteiger partial charge on any atom is 0.247 e. The van der Waals surface area contributed by atoms with Crippen molar-refractivity contribution < 1.29 is 4.79 Å². The van der Waals surface area contributed by atoms with Crippen LogP contribution in [0, 0.1) is 0 Å². The first-order chi connectivity index (χ1) is 10.7. The second-order valence-electron chi connectivity index (χ2n) is 5.71. The molecule has 0 N–H and O–H groups in total. The molecule has 1 saturated heterocycles. The van der Waals surface area contributed by atoms with E-state index in [1.165, 1.54) is 11.3 Å². The van der Waals surface area contributed by atoms with Gasteiger partial charge in [0, 0.05) is 24.4 Å². The highest BCUT2D eigenvalue weighted by atomic mass is 32.1. The molecule has 2 atom stereocenters. The molecule has 3 heterocycles. The van der Waals surface area contributed by atoms with Crippen LogP contribution in [-0.4, -0.2) is 43.6 Å². The predicted molar refractivity (Wildman–Crippen MR) is 84.8 cm³/mol. The van der Waals surface area contributed by atoms with Gasteiger partial charge >= 0.3 is 0 Å². The maximum atomic E-state index is 12.7. The second-order valence-corrected chi connectivity index (χ2v) is 6.60. The minimum atomic E-state index is -0.302. The molecule has 1 amide bonds. The summed E-state index contributed by atoms with van der Waals surface area (Å²) in [6, 6.07) is -0.302. The van der Waals surface area contributed by atoms with E-state index in [-0.39, 0.29) is 11.9 Å². The summed E-state index contributed by atoms with van der Waals surface area (Å²) in [5.41, 5.74) is 1.15. The van der Waals surface area contributed by atoms with Gasteiger partial charge in [-0.25, -0.2) is 14.6 Å². The van der Waals surface area contributed by atoms with Crippen molar-refractivity contribution in [3.05, 3.63) is 28.7 Å². The Kier molecular flexibility index (Phi) is 4.52. The summed E-state index contributed by atoms with van der Waals surface area (Å²) in [4.78, 5) is 23.2. The summed E-state index contributed by atoms with van der Waals surface area (Å²) in [7, 11) is 0. The Morgan fingerprint density at radius 2 is 2.41 bits per heavy atom. The molecule has 0 radical (unpaired) electrons. The largest absolute Gasteiger partial charge is 0.340 e. The first kappa shape index (κ1) is 15.1. The van der Waals surface area contributed by atoms with Crippen LogP contribution < -0.4 is 0 Å². The van der Waals surface area contributed by atoms with Crippen LogP contribution in [0.1, 0.15) is 49.4 Å². The van der Waals surface area contributed by atoms with E-state index in [1.807, 2.05) is 11.8 Å². The summed E-state index contributed by atoms with van der Waals surface area (Å²) in [5.74, 6) is 0.480. The molecule has 0 aliphatic carbocycles. The lowest BCUT2D eigenvalue weighted by atomic mass is 9.98. The number of hydrogen-bond donors (Lipinski definition) is 0. The Hall–Kier alpha value is -1.76. The van der Waals surface area contributed by atoms with Crippen LogP contribution in [0.5, 0.6) is 0 Å². The number of amides is 1. The Morgan fingerprint density at radius 1 is 1.55 bits per heavy atom. The molecule has 2 aromatic rings. The van der Waals surface area contributed by atoms with Gasteiger partial charge in [0.2, 0.25) is 5.91 Å². The molecule has 0 unspecified atom stereocenters.